The summed E-state index contributed by atoms with van der Waals surface area (Å²) in [7, 11) is 0. The van der Waals surface area contributed by atoms with Crippen LogP contribution in [0.5, 0.6) is 0 Å². The zero-order valence-electron chi connectivity index (χ0n) is 16.1. The number of furan rings is 1. The maximum absolute atomic E-state index is 12.4. The van der Waals surface area contributed by atoms with Crippen molar-refractivity contribution < 1.29 is 9.21 Å². The molecule has 0 aliphatic rings. The van der Waals surface area contributed by atoms with Crippen LogP contribution in [-0.2, 0) is 6.54 Å². The summed E-state index contributed by atoms with van der Waals surface area (Å²) in [5.74, 6) is 1.99. The lowest BCUT2D eigenvalue weighted by Gasteiger charge is -2.08. The van der Waals surface area contributed by atoms with E-state index >= 15 is 0 Å². The topological polar surface area (TPSA) is 80.0 Å². The first-order valence-corrected chi connectivity index (χ1v) is 10.1. The van der Waals surface area contributed by atoms with E-state index in [0.29, 0.717) is 17.9 Å². The van der Waals surface area contributed by atoms with Gasteiger partial charge in [0.15, 0.2) is 5.82 Å². The SMILES string of the molecule is Cc1ccc(CNC(=O)c2cccc(Nc3ccc(-c4cscc4C)nn3)c2)o1. The number of hydrogen-bond acceptors (Lipinski definition) is 6. The largest absolute Gasteiger partial charge is 0.465 e. The van der Waals surface area contributed by atoms with Gasteiger partial charge in [0.25, 0.3) is 5.91 Å². The summed E-state index contributed by atoms with van der Waals surface area (Å²) in [6.45, 7) is 4.28. The second-order valence-electron chi connectivity index (χ2n) is 6.67. The van der Waals surface area contributed by atoms with Gasteiger partial charge < -0.3 is 15.1 Å². The number of aryl methyl sites for hydroxylation is 2. The standard InChI is InChI=1S/C22H20N4O2S/c1-14-12-29-13-19(14)20-8-9-21(26-25-20)24-17-5-3-4-16(10-17)22(27)23-11-18-7-6-15(2)28-18/h3-10,12-13H,11H2,1-2H3,(H,23,27)(H,24,26). The Morgan fingerprint density at radius 1 is 1.07 bits per heavy atom. The van der Waals surface area contributed by atoms with Crippen LogP contribution in [0.15, 0.2) is 63.7 Å². The molecule has 6 nitrogen and oxygen atoms in total. The molecule has 2 N–H and O–H groups in total. The average molecular weight is 404 g/mol. The molecule has 0 saturated heterocycles. The molecule has 0 unspecified atom stereocenters. The summed E-state index contributed by atoms with van der Waals surface area (Å²) in [6, 6.07) is 14.8. The van der Waals surface area contributed by atoms with Gasteiger partial charge in [0.2, 0.25) is 0 Å². The van der Waals surface area contributed by atoms with Crippen molar-refractivity contribution in [1.82, 2.24) is 15.5 Å². The molecule has 4 aromatic rings. The second kappa shape index (κ2) is 8.28. The Hall–Kier alpha value is -3.45. The molecule has 0 radical (unpaired) electrons. The number of amides is 1. The highest BCUT2D eigenvalue weighted by molar-refractivity contribution is 7.08. The van der Waals surface area contributed by atoms with E-state index in [0.717, 1.165) is 28.5 Å². The zero-order chi connectivity index (χ0) is 20.2. The molecular weight excluding hydrogens is 384 g/mol. The Morgan fingerprint density at radius 3 is 2.66 bits per heavy atom. The van der Waals surface area contributed by atoms with Crippen molar-refractivity contribution >= 4 is 28.7 Å². The van der Waals surface area contributed by atoms with E-state index in [1.807, 2.05) is 43.3 Å². The molecule has 29 heavy (non-hydrogen) atoms. The molecule has 0 saturated carbocycles. The van der Waals surface area contributed by atoms with Crippen LogP contribution in [-0.4, -0.2) is 16.1 Å². The Bertz CT molecular complexity index is 1130. The van der Waals surface area contributed by atoms with E-state index < -0.39 is 0 Å². The third kappa shape index (κ3) is 4.52. The summed E-state index contributed by atoms with van der Waals surface area (Å²) in [4.78, 5) is 12.4. The van der Waals surface area contributed by atoms with Crippen LogP contribution in [0, 0.1) is 13.8 Å². The first-order chi connectivity index (χ1) is 14.1. The van der Waals surface area contributed by atoms with Crippen molar-refractivity contribution in [2.75, 3.05) is 5.32 Å². The minimum atomic E-state index is -0.169. The quantitative estimate of drug-likeness (QED) is 0.468. The highest BCUT2D eigenvalue weighted by atomic mass is 32.1. The number of hydrogen-bond donors (Lipinski definition) is 2. The molecule has 0 fully saturated rings. The predicted octanol–water partition coefficient (Wildman–Crippen LogP) is 5.09. The fourth-order valence-electron chi connectivity index (χ4n) is 2.90. The smallest absolute Gasteiger partial charge is 0.251 e. The van der Waals surface area contributed by atoms with Gasteiger partial charge in [-0.2, -0.15) is 11.3 Å². The molecule has 1 aromatic carbocycles. The molecule has 0 bridgehead atoms. The summed E-state index contributed by atoms with van der Waals surface area (Å²) in [5, 5.41) is 18.8. The van der Waals surface area contributed by atoms with Gasteiger partial charge in [0.1, 0.15) is 11.5 Å². The van der Waals surface area contributed by atoms with Crippen LogP contribution >= 0.6 is 11.3 Å². The lowest BCUT2D eigenvalue weighted by molar-refractivity contribution is 0.0948. The maximum atomic E-state index is 12.4. The van der Waals surface area contributed by atoms with Crippen molar-refractivity contribution in [3.63, 3.8) is 0 Å². The number of carbonyl (C=O) groups excluding carboxylic acids is 1. The van der Waals surface area contributed by atoms with Crippen LogP contribution in [0.2, 0.25) is 0 Å². The van der Waals surface area contributed by atoms with E-state index in [1.54, 1.807) is 23.5 Å². The monoisotopic (exact) mass is 404 g/mol. The number of carbonyl (C=O) groups is 1. The fourth-order valence-corrected chi connectivity index (χ4v) is 3.74. The van der Waals surface area contributed by atoms with Crippen LogP contribution in [0.4, 0.5) is 11.5 Å². The first kappa shape index (κ1) is 18.9. The van der Waals surface area contributed by atoms with Gasteiger partial charge >= 0.3 is 0 Å². The van der Waals surface area contributed by atoms with E-state index in [2.05, 4.69) is 38.5 Å². The summed E-state index contributed by atoms with van der Waals surface area (Å²) in [5.41, 5.74) is 4.44. The molecular formula is C22H20N4O2S. The summed E-state index contributed by atoms with van der Waals surface area (Å²) >= 11 is 1.65. The fraction of sp³-hybridized carbons (Fsp3) is 0.136. The highest BCUT2D eigenvalue weighted by Gasteiger charge is 2.09. The van der Waals surface area contributed by atoms with Crippen molar-refractivity contribution in [3.05, 3.63) is 81.9 Å². The zero-order valence-corrected chi connectivity index (χ0v) is 16.9. The van der Waals surface area contributed by atoms with Crippen LogP contribution in [0.3, 0.4) is 0 Å². The van der Waals surface area contributed by atoms with Crippen LogP contribution in [0.25, 0.3) is 11.3 Å². The number of nitrogens with zero attached hydrogens (tertiary/aromatic N) is 2. The van der Waals surface area contributed by atoms with Gasteiger partial charge in [-0.1, -0.05) is 6.07 Å². The molecule has 3 heterocycles. The number of nitrogens with one attached hydrogen (secondary N) is 2. The third-order valence-electron chi connectivity index (χ3n) is 4.41. The molecule has 3 aromatic heterocycles. The van der Waals surface area contributed by atoms with E-state index in [4.69, 9.17) is 4.42 Å². The number of aromatic nitrogens is 2. The Balaban J connectivity index is 1.42. The van der Waals surface area contributed by atoms with Gasteiger partial charge in [-0.05, 0) is 67.3 Å². The minimum Gasteiger partial charge on any atom is -0.465 e. The number of benzene rings is 1. The molecule has 146 valence electrons. The van der Waals surface area contributed by atoms with Crippen molar-refractivity contribution in [2.45, 2.75) is 20.4 Å². The third-order valence-corrected chi connectivity index (χ3v) is 5.27. The normalized spacial score (nSPS) is 10.7. The molecule has 0 aliphatic heterocycles. The predicted molar refractivity (Wildman–Crippen MR) is 114 cm³/mol. The van der Waals surface area contributed by atoms with Crippen molar-refractivity contribution in [3.8, 4) is 11.3 Å². The van der Waals surface area contributed by atoms with Crippen molar-refractivity contribution in [1.29, 1.82) is 0 Å². The van der Waals surface area contributed by atoms with Gasteiger partial charge in [-0.25, -0.2) is 0 Å². The van der Waals surface area contributed by atoms with Gasteiger partial charge in [0, 0.05) is 22.2 Å². The molecule has 1 amide bonds. The summed E-state index contributed by atoms with van der Waals surface area (Å²) in [6.07, 6.45) is 0. The number of rotatable bonds is 6. The van der Waals surface area contributed by atoms with E-state index in [-0.39, 0.29) is 5.91 Å². The Morgan fingerprint density at radius 2 is 1.97 bits per heavy atom. The molecule has 0 aliphatic carbocycles. The lowest BCUT2D eigenvalue weighted by Crippen LogP contribution is -2.22. The number of thiophene rings is 1. The molecule has 0 atom stereocenters. The van der Waals surface area contributed by atoms with E-state index in [9.17, 15) is 4.79 Å². The lowest BCUT2D eigenvalue weighted by atomic mass is 10.1. The first-order valence-electron chi connectivity index (χ1n) is 9.16. The highest BCUT2D eigenvalue weighted by Crippen LogP contribution is 2.25. The minimum absolute atomic E-state index is 0.169. The number of anilines is 2. The van der Waals surface area contributed by atoms with Crippen LogP contribution < -0.4 is 10.6 Å². The Kier molecular flexibility index (Phi) is 5.39. The Labute approximate surface area is 172 Å². The van der Waals surface area contributed by atoms with Crippen molar-refractivity contribution in [2.24, 2.45) is 0 Å². The maximum Gasteiger partial charge on any atom is 0.251 e. The average Bonchev–Trinajstić information content (AvgIpc) is 3.35. The van der Waals surface area contributed by atoms with E-state index in [1.165, 1.54) is 5.56 Å². The molecule has 7 heteroatoms. The summed E-state index contributed by atoms with van der Waals surface area (Å²) < 4.78 is 5.47. The van der Waals surface area contributed by atoms with Gasteiger partial charge in [0.05, 0.1) is 12.2 Å². The molecule has 4 rings (SSSR count). The van der Waals surface area contributed by atoms with Crippen LogP contribution in [0.1, 0.15) is 27.4 Å². The molecule has 0 spiro atoms. The van der Waals surface area contributed by atoms with Gasteiger partial charge in [-0.15, -0.1) is 10.2 Å². The second-order valence-corrected chi connectivity index (χ2v) is 7.42. The van der Waals surface area contributed by atoms with Gasteiger partial charge in [-0.3, -0.25) is 4.79 Å².